The molecule has 0 amide bonds. The molecule has 2 aromatic rings. The molecule has 0 fully saturated rings. The number of anilines is 1. The molecule has 2 atom stereocenters. The number of terminal acetylenes is 1. The van der Waals surface area contributed by atoms with Crippen LogP contribution in [0.25, 0.3) is 6.08 Å². The Balaban J connectivity index is 0.00000290. The number of rotatable bonds is 13. The summed E-state index contributed by atoms with van der Waals surface area (Å²) in [6, 6.07) is 8.32. The number of pyridine rings is 1. The molecule has 1 aromatic carbocycles. The number of allylic oxidation sites excluding steroid dienone is 3. The van der Waals surface area contributed by atoms with E-state index in [-0.39, 0.29) is 13.3 Å². The van der Waals surface area contributed by atoms with Crippen molar-refractivity contribution in [1.82, 2.24) is 20.5 Å². The van der Waals surface area contributed by atoms with Crippen LogP contribution in [-0.4, -0.2) is 35.9 Å². The van der Waals surface area contributed by atoms with E-state index in [0.717, 1.165) is 65.7 Å². The number of nitrogens with zero attached hydrogens (tertiary/aromatic N) is 3. The first kappa shape index (κ1) is 39.9. The summed E-state index contributed by atoms with van der Waals surface area (Å²) in [6.45, 7) is 22.4. The zero-order chi connectivity index (χ0) is 32.2. The molecule has 3 N–H and O–H groups in total. The molecule has 0 saturated heterocycles. The van der Waals surface area contributed by atoms with E-state index in [1.54, 1.807) is 12.4 Å². The smallest absolute Gasteiger partial charge is 0.130 e. The van der Waals surface area contributed by atoms with Crippen LogP contribution in [0.1, 0.15) is 64.2 Å². The van der Waals surface area contributed by atoms with Crippen LogP contribution < -0.4 is 21.3 Å². The van der Waals surface area contributed by atoms with E-state index in [2.05, 4.69) is 114 Å². The monoisotopic (exact) mass is 614 g/mol. The van der Waals surface area contributed by atoms with Gasteiger partial charge in [0.2, 0.25) is 0 Å². The number of aliphatic imine (C=N–C) groups is 1. The molecular formula is C37H55N6P. The van der Waals surface area contributed by atoms with Crippen LogP contribution in [0.15, 0.2) is 96.8 Å². The van der Waals surface area contributed by atoms with E-state index in [9.17, 15) is 0 Å². The Labute approximate surface area is 270 Å². The lowest BCUT2D eigenvalue weighted by Crippen LogP contribution is -2.41. The molecule has 1 aliphatic rings. The normalized spacial score (nSPS) is 14.5. The summed E-state index contributed by atoms with van der Waals surface area (Å²) in [4.78, 5) is 11.3. The van der Waals surface area contributed by atoms with Crippen LogP contribution in [0.4, 0.5) is 5.69 Å². The highest BCUT2D eigenvalue weighted by atomic mass is 31.0. The van der Waals surface area contributed by atoms with Crippen LogP contribution in [-0.2, 0) is 6.54 Å². The van der Waals surface area contributed by atoms with Gasteiger partial charge in [-0.25, -0.2) is 0 Å². The van der Waals surface area contributed by atoms with Crippen molar-refractivity contribution >= 4 is 32.1 Å². The average Bonchev–Trinajstić information content (AvgIpc) is 3.03. The van der Waals surface area contributed by atoms with E-state index in [1.807, 2.05) is 37.5 Å². The van der Waals surface area contributed by atoms with Crippen LogP contribution in [0.5, 0.6) is 0 Å². The van der Waals surface area contributed by atoms with Gasteiger partial charge in [0.15, 0.2) is 0 Å². The predicted molar refractivity (Wildman–Crippen MR) is 200 cm³/mol. The van der Waals surface area contributed by atoms with Gasteiger partial charge < -0.3 is 20.9 Å². The van der Waals surface area contributed by atoms with E-state index in [0.29, 0.717) is 6.54 Å². The molecule has 0 radical (unpaired) electrons. The molecule has 238 valence electrons. The molecule has 0 bridgehead atoms. The standard InChI is InChI=1S/C31H41N6P.C3H8.C2H2.CH4/c1-7-22(4)31-36-28(19-30(37(31)6)35-21-24-11-10-14-33-20-24)26(12-15-32-9-3)13-16-34-27-17-25(8-2)23(5)29(38)18-27;1-3-2;1-2;/h7-11,14,17-20,26,32,34,36H,1-3,12-13,15-16,21,38H2,4-6H3;3H2,1-2H3;1-2H;1H4/b31-22-,35-30?;;;. The quantitative estimate of drug-likeness (QED) is 0.122. The lowest BCUT2D eigenvalue weighted by atomic mass is 9.95. The van der Waals surface area contributed by atoms with Crippen molar-refractivity contribution in [2.24, 2.45) is 10.9 Å². The first-order valence-corrected chi connectivity index (χ1v) is 15.3. The Hall–Kier alpha value is -4.07. The highest BCUT2D eigenvalue weighted by Gasteiger charge is 2.24. The zero-order valence-corrected chi connectivity index (χ0v) is 27.9. The molecular weight excluding hydrogens is 559 g/mol. The van der Waals surface area contributed by atoms with Gasteiger partial charge in [0.25, 0.3) is 0 Å². The third kappa shape index (κ3) is 12.7. The molecule has 0 saturated carbocycles. The molecule has 44 heavy (non-hydrogen) atoms. The SMILES string of the molecule is C.C#C.C=CNCCC(CCNc1cc(P)c(C)c(C=C)c1)C1=CC(=NCc2cccnc2)N(C)/C(=C(/C)C=C)N1.CCC. The molecule has 7 heteroatoms. The van der Waals surface area contributed by atoms with Gasteiger partial charge >= 0.3 is 0 Å². The third-order valence-electron chi connectivity index (χ3n) is 6.80. The first-order valence-electron chi connectivity index (χ1n) is 14.7. The Bertz CT molecular complexity index is 1290. The molecule has 1 aromatic heterocycles. The molecule has 3 rings (SSSR count). The maximum absolute atomic E-state index is 4.95. The molecule has 1 aliphatic heterocycles. The minimum absolute atomic E-state index is 0. The fraction of sp³-hybridized carbons (Fsp3) is 0.351. The van der Waals surface area contributed by atoms with Gasteiger partial charge in [-0.1, -0.05) is 65.7 Å². The van der Waals surface area contributed by atoms with Crippen molar-refractivity contribution < 1.29 is 0 Å². The Morgan fingerprint density at radius 1 is 1.18 bits per heavy atom. The summed E-state index contributed by atoms with van der Waals surface area (Å²) >= 11 is 0. The van der Waals surface area contributed by atoms with Crippen LogP contribution >= 0.6 is 9.24 Å². The second-order valence-electron chi connectivity index (χ2n) is 10.1. The fourth-order valence-corrected chi connectivity index (χ4v) is 4.73. The Morgan fingerprint density at radius 3 is 2.45 bits per heavy atom. The Morgan fingerprint density at radius 2 is 1.86 bits per heavy atom. The topological polar surface area (TPSA) is 64.6 Å². The zero-order valence-electron chi connectivity index (χ0n) is 26.8. The van der Waals surface area contributed by atoms with E-state index >= 15 is 0 Å². The van der Waals surface area contributed by atoms with Crippen molar-refractivity contribution in [2.45, 2.75) is 60.9 Å². The number of nitrogens with one attached hydrogen (secondary N) is 3. The summed E-state index contributed by atoms with van der Waals surface area (Å²) < 4.78 is 0. The summed E-state index contributed by atoms with van der Waals surface area (Å²) in [5, 5.41) is 11.8. The van der Waals surface area contributed by atoms with Gasteiger partial charge in [-0.05, 0) is 78.7 Å². The molecule has 0 spiro atoms. The van der Waals surface area contributed by atoms with Gasteiger partial charge in [-0.3, -0.25) is 9.98 Å². The fourth-order valence-electron chi connectivity index (χ4n) is 4.38. The first-order chi connectivity index (χ1) is 20.8. The van der Waals surface area contributed by atoms with E-state index in [4.69, 9.17) is 4.99 Å². The minimum atomic E-state index is 0. The van der Waals surface area contributed by atoms with Crippen molar-refractivity contribution in [3.63, 3.8) is 0 Å². The summed E-state index contributed by atoms with van der Waals surface area (Å²) in [6.07, 6.45) is 22.5. The van der Waals surface area contributed by atoms with E-state index < -0.39 is 0 Å². The summed E-state index contributed by atoms with van der Waals surface area (Å²) in [5.74, 6) is 2.19. The second-order valence-corrected chi connectivity index (χ2v) is 10.7. The van der Waals surface area contributed by atoms with E-state index in [1.165, 1.54) is 17.3 Å². The van der Waals surface area contributed by atoms with Crippen molar-refractivity contribution in [1.29, 1.82) is 0 Å². The largest absolute Gasteiger partial charge is 0.391 e. The maximum Gasteiger partial charge on any atom is 0.130 e. The number of hydrogen-bond donors (Lipinski definition) is 3. The van der Waals surface area contributed by atoms with Crippen molar-refractivity contribution in [2.75, 3.05) is 25.5 Å². The van der Waals surface area contributed by atoms with Crippen LogP contribution in [0, 0.1) is 25.7 Å². The number of hydrogen-bond acceptors (Lipinski definition) is 5. The average molecular weight is 615 g/mol. The number of likely N-dealkylation sites (N-methyl/N-ethyl adjacent to an activating group) is 1. The molecule has 0 aliphatic carbocycles. The molecule has 2 heterocycles. The predicted octanol–water partition coefficient (Wildman–Crippen LogP) is 7.81. The molecule has 2 unspecified atom stereocenters. The van der Waals surface area contributed by atoms with Gasteiger partial charge in [0.05, 0.1) is 6.54 Å². The van der Waals surface area contributed by atoms with Gasteiger partial charge in [0, 0.05) is 55.9 Å². The lowest BCUT2D eigenvalue weighted by Gasteiger charge is -2.34. The second kappa shape index (κ2) is 22.5. The summed E-state index contributed by atoms with van der Waals surface area (Å²) in [7, 11) is 4.86. The lowest BCUT2D eigenvalue weighted by molar-refractivity contribution is 0.463. The summed E-state index contributed by atoms with van der Waals surface area (Å²) in [5.41, 5.74) is 6.78. The maximum atomic E-state index is 4.95. The molecule has 6 nitrogen and oxygen atoms in total. The van der Waals surface area contributed by atoms with Gasteiger partial charge in [0.1, 0.15) is 11.7 Å². The van der Waals surface area contributed by atoms with Crippen LogP contribution in [0.3, 0.4) is 0 Å². The van der Waals surface area contributed by atoms with Crippen molar-refractivity contribution in [3.05, 3.63) is 109 Å². The highest BCUT2D eigenvalue weighted by molar-refractivity contribution is 7.27. The van der Waals surface area contributed by atoms with Crippen LogP contribution in [0.2, 0.25) is 0 Å². The van der Waals surface area contributed by atoms with Crippen molar-refractivity contribution in [3.8, 4) is 12.8 Å². The number of aromatic nitrogens is 1. The minimum Gasteiger partial charge on any atom is -0.391 e. The highest BCUT2D eigenvalue weighted by Crippen LogP contribution is 2.25. The third-order valence-corrected chi connectivity index (χ3v) is 7.40. The van der Waals surface area contributed by atoms with Gasteiger partial charge in [-0.15, -0.1) is 22.1 Å². The van der Waals surface area contributed by atoms with Gasteiger partial charge in [-0.2, -0.15) is 0 Å². The number of benzene rings is 1. The number of amidine groups is 1. The Kier molecular flexibility index (Phi) is 20.4.